The molecule has 3 rings (SSSR count). The summed E-state index contributed by atoms with van der Waals surface area (Å²) in [6, 6.07) is 15.0. The van der Waals surface area contributed by atoms with Crippen molar-refractivity contribution in [2.24, 2.45) is 0 Å². The smallest absolute Gasteiger partial charge is 0.356 e. The Labute approximate surface area is 246 Å². The fourth-order valence-electron chi connectivity index (χ4n) is 3.99. The van der Waals surface area contributed by atoms with Crippen molar-refractivity contribution in [1.29, 1.82) is 0 Å². The molecule has 0 spiro atoms. The van der Waals surface area contributed by atoms with Crippen LogP contribution in [0.4, 0.5) is 0 Å². The highest BCUT2D eigenvalue weighted by molar-refractivity contribution is 14.1. The minimum absolute atomic E-state index is 0.100. The first-order chi connectivity index (χ1) is 19.0. The molecule has 0 amide bonds. The Kier molecular flexibility index (Phi) is 11.7. The lowest BCUT2D eigenvalue weighted by atomic mass is 9.94. The van der Waals surface area contributed by atoms with Crippen molar-refractivity contribution in [3.05, 3.63) is 69.3 Å². The molecule has 1 saturated heterocycles. The van der Waals surface area contributed by atoms with Crippen molar-refractivity contribution in [3.8, 4) is 0 Å². The van der Waals surface area contributed by atoms with Gasteiger partial charge < -0.3 is 32.7 Å². The number of esters is 3. The van der Waals surface area contributed by atoms with Crippen LogP contribution >= 0.6 is 30.2 Å². The molecule has 2 aromatic carbocycles. The molecule has 1 fully saturated rings. The SMILES string of the molecule is CCOP(=O)(CO[C@H]1O[C@@H](COC(=O)c2ccccc2I)C(C)(OC(=O)c2ccccc2)[C@H]1OC(C)=O)OCC. The molecule has 0 bridgehead atoms. The van der Waals surface area contributed by atoms with Gasteiger partial charge in [0.05, 0.1) is 24.3 Å². The first kappa shape index (κ1) is 32.2. The largest absolute Gasteiger partial charge is 0.459 e. The Morgan fingerprint density at radius 3 is 2.20 bits per heavy atom. The number of rotatable bonds is 13. The van der Waals surface area contributed by atoms with Crippen LogP contribution in [0.25, 0.3) is 0 Å². The Balaban J connectivity index is 1.91. The van der Waals surface area contributed by atoms with Gasteiger partial charge in [-0.3, -0.25) is 9.36 Å². The monoisotopic (exact) mass is 690 g/mol. The maximum Gasteiger partial charge on any atom is 0.356 e. The molecular formula is C27H32IO11P. The molecule has 0 saturated carbocycles. The number of hydrogen-bond donors (Lipinski definition) is 0. The van der Waals surface area contributed by atoms with Crippen molar-refractivity contribution < 1.29 is 51.7 Å². The molecule has 1 aliphatic rings. The fourth-order valence-corrected chi connectivity index (χ4v) is 5.93. The highest BCUT2D eigenvalue weighted by Gasteiger charge is 2.60. The van der Waals surface area contributed by atoms with Crippen LogP contribution in [0.2, 0.25) is 0 Å². The molecule has 4 atom stereocenters. The molecule has 0 aliphatic carbocycles. The van der Waals surface area contributed by atoms with Gasteiger partial charge in [0, 0.05) is 10.5 Å². The lowest BCUT2D eigenvalue weighted by Gasteiger charge is -2.33. The lowest BCUT2D eigenvalue weighted by molar-refractivity contribution is -0.185. The summed E-state index contributed by atoms with van der Waals surface area (Å²) in [6.07, 6.45) is -4.37. The van der Waals surface area contributed by atoms with Crippen molar-refractivity contribution in [2.45, 2.75) is 51.8 Å². The third kappa shape index (κ3) is 8.11. The van der Waals surface area contributed by atoms with Crippen LogP contribution in [0.3, 0.4) is 0 Å². The molecule has 218 valence electrons. The van der Waals surface area contributed by atoms with Gasteiger partial charge >= 0.3 is 25.5 Å². The Morgan fingerprint density at radius 2 is 1.60 bits per heavy atom. The van der Waals surface area contributed by atoms with Crippen LogP contribution in [-0.2, 0) is 42.1 Å². The summed E-state index contributed by atoms with van der Waals surface area (Å²) in [5, 5.41) is 0. The number of benzene rings is 2. The van der Waals surface area contributed by atoms with E-state index in [-0.39, 0.29) is 25.4 Å². The molecule has 0 aromatic heterocycles. The van der Waals surface area contributed by atoms with Crippen molar-refractivity contribution >= 4 is 48.1 Å². The summed E-state index contributed by atoms with van der Waals surface area (Å²) in [6.45, 7) is 5.78. The first-order valence-electron chi connectivity index (χ1n) is 12.6. The zero-order chi connectivity index (χ0) is 29.3. The molecule has 2 aromatic rings. The predicted octanol–water partition coefficient (Wildman–Crippen LogP) is 4.96. The van der Waals surface area contributed by atoms with E-state index >= 15 is 0 Å². The van der Waals surface area contributed by atoms with Gasteiger partial charge in [0.2, 0.25) is 0 Å². The molecule has 1 unspecified atom stereocenters. The minimum atomic E-state index is -3.68. The quantitative estimate of drug-likeness (QED) is 0.122. The zero-order valence-electron chi connectivity index (χ0n) is 22.6. The third-order valence-corrected chi connectivity index (χ3v) is 8.58. The van der Waals surface area contributed by atoms with Gasteiger partial charge in [0.1, 0.15) is 12.7 Å². The first-order valence-corrected chi connectivity index (χ1v) is 15.4. The summed E-state index contributed by atoms with van der Waals surface area (Å²) in [5.74, 6) is -2.07. The molecular weight excluding hydrogens is 658 g/mol. The van der Waals surface area contributed by atoms with Gasteiger partial charge in [-0.1, -0.05) is 30.3 Å². The maximum absolute atomic E-state index is 13.1. The van der Waals surface area contributed by atoms with Crippen molar-refractivity contribution in [1.82, 2.24) is 0 Å². The van der Waals surface area contributed by atoms with E-state index in [0.717, 1.165) is 0 Å². The van der Waals surface area contributed by atoms with Gasteiger partial charge in [0.25, 0.3) is 0 Å². The van der Waals surface area contributed by atoms with E-state index in [4.69, 9.17) is 32.7 Å². The Bertz CT molecular complexity index is 1210. The van der Waals surface area contributed by atoms with Crippen molar-refractivity contribution in [2.75, 3.05) is 26.2 Å². The number of ether oxygens (including phenoxy) is 5. The second-order valence-corrected chi connectivity index (χ2v) is 11.9. The summed E-state index contributed by atoms with van der Waals surface area (Å²) < 4.78 is 53.0. The van der Waals surface area contributed by atoms with E-state index in [1.165, 1.54) is 13.8 Å². The predicted molar refractivity (Wildman–Crippen MR) is 151 cm³/mol. The molecule has 13 heteroatoms. The van der Waals surface area contributed by atoms with Gasteiger partial charge in [-0.2, -0.15) is 0 Å². The summed E-state index contributed by atoms with van der Waals surface area (Å²) >= 11 is 2.02. The number of carbonyl (C=O) groups excluding carboxylic acids is 3. The minimum Gasteiger partial charge on any atom is -0.459 e. The van der Waals surface area contributed by atoms with Crippen LogP contribution in [0.1, 0.15) is 48.4 Å². The molecule has 1 heterocycles. The Morgan fingerprint density at radius 1 is 0.975 bits per heavy atom. The number of halogens is 1. The normalized spacial score (nSPS) is 22.5. The number of hydrogen-bond acceptors (Lipinski definition) is 11. The van der Waals surface area contributed by atoms with E-state index in [0.29, 0.717) is 9.13 Å². The lowest BCUT2D eigenvalue weighted by Crippen LogP contribution is -2.52. The number of carbonyl (C=O) groups is 3. The summed E-state index contributed by atoms with van der Waals surface area (Å²) in [7, 11) is -3.68. The second kappa shape index (κ2) is 14.5. The van der Waals surface area contributed by atoms with Gasteiger partial charge in [0.15, 0.2) is 24.3 Å². The maximum atomic E-state index is 13.1. The molecule has 11 nitrogen and oxygen atoms in total. The molecule has 0 N–H and O–H groups in total. The average molecular weight is 690 g/mol. The van der Waals surface area contributed by atoms with E-state index in [1.807, 2.05) is 22.6 Å². The summed E-state index contributed by atoms with van der Waals surface area (Å²) in [5.41, 5.74) is -1.11. The standard InChI is InChI=1S/C27H32IO11P/c1-5-35-40(32,36-6-2)17-34-26-23(37-18(3)29)27(4,39-24(30)19-12-8-7-9-13-19)22(38-26)16-33-25(31)20-14-10-11-15-21(20)28/h7-15,22-23,26H,5-6,16-17H2,1-4H3/t22-,23-,26-,27?/m0/s1. The highest BCUT2D eigenvalue weighted by Crippen LogP contribution is 2.49. The third-order valence-electron chi connectivity index (χ3n) is 5.87. The Hall–Kier alpha value is -2.35. The topological polar surface area (TPSA) is 133 Å². The van der Waals surface area contributed by atoms with Crippen LogP contribution < -0.4 is 0 Å². The molecule has 40 heavy (non-hydrogen) atoms. The van der Waals surface area contributed by atoms with Gasteiger partial charge in [-0.25, -0.2) is 9.59 Å². The highest BCUT2D eigenvalue weighted by atomic mass is 127. The average Bonchev–Trinajstić information content (AvgIpc) is 3.16. The summed E-state index contributed by atoms with van der Waals surface area (Å²) in [4.78, 5) is 38.1. The van der Waals surface area contributed by atoms with E-state index in [2.05, 4.69) is 0 Å². The molecule has 0 radical (unpaired) electrons. The van der Waals surface area contributed by atoms with Crippen LogP contribution in [0, 0.1) is 3.57 Å². The second-order valence-electron chi connectivity index (χ2n) is 8.78. The zero-order valence-corrected chi connectivity index (χ0v) is 25.6. The van der Waals surface area contributed by atoms with E-state index < -0.39 is 56.0 Å². The molecule has 1 aliphatic heterocycles. The van der Waals surface area contributed by atoms with Gasteiger partial charge in [-0.05, 0) is 67.6 Å². The van der Waals surface area contributed by atoms with Crippen molar-refractivity contribution in [3.63, 3.8) is 0 Å². The fraction of sp³-hybridized carbons (Fsp3) is 0.444. The van der Waals surface area contributed by atoms with Crippen LogP contribution in [0.15, 0.2) is 54.6 Å². The van der Waals surface area contributed by atoms with E-state index in [1.54, 1.807) is 68.4 Å². The van der Waals surface area contributed by atoms with Crippen LogP contribution in [0.5, 0.6) is 0 Å². The van der Waals surface area contributed by atoms with Crippen LogP contribution in [-0.4, -0.2) is 68.2 Å². The van der Waals surface area contributed by atoms with E-state index in [9.17, 15) is 18.9 Å². The van der Waals surface area contributed by atoms with Gasteiger partial charge in [-0.15, -0.1) is 0 Å².